The highest BCUT2D eigenvalue weighted by atomic mass is 35.5. The van der Waals surface area contributed by atoms with E-state index in [-0.39, 0.29) is 42.2 Å². The third-order valence-corrected chi connectivity index (χ3v) is 9.64. The topological polar surface area (TPSA) is 119 Å². The van der Waals surface area contributed by atoms with E-state index in [0.29, 0.717) is 53.3 Å². The van der Waals surface area contributed by atoms with E-state index < -0.39 is 11.2 Å². The first-order chi connectivity index (χ1) is 23.0. The van der Waals surface area contributed by atoms with Crippen LogP contribution in [0.4, 0.5) is 5.69 Å². The Balaban J connectivity index is 1.23. The highest BCUT2D eigenvalue weighted by molar-refractivity contribution is 8.27. The molecule has 4 heterocycles. The summed E-state index contributed by atoms with van der Waals surface area (Å²) in [6.45, 7) is 0.201. The van der Waals surface area contributed by atoms with E-state index in [1.807, 2.05) is 0 Å². The van der Waals surface area contributed by atoms with E-state index in [0.717, 1.165) is 4.57 Å². The third-order valence-electron chi connectivity index (χ3n) is 7.75. The third kappa shape index (κ3) is 5.49. The number of hydrogen-bond acceptors (Lipinski definition) is 10. The van der Waals surface area contributed by atoms with Crippen LogP contribution in [0.25, 0.3) is 17.2 Å². The van der Waals surface area contributed by atoms with Gasteiger partial charge in [-0.3, -0.25) is 28.2 Å². The van der Waals surface area contributed by atoms with Gasteiger partial charge in [-0.15, -0.1) is 0 Å². The average Bonchev–Trinajstić information content (AvgIpc) is 3.76. The normalized spacial score (nSPS) is 14.9. The molecule has 2 aliphatic heterocycles. The summed E-state index contributed by atoms with van der Waals surface area (Å²) in [5.41, 5.74) is 1.02. The number of halogens is 2. The zero-order valence-electron chi connectivity index (χ0n) is 25.4. The van der Waals surface area contributed by atoms with Crippen molar-refractivity contribution < 1.29 is 23.7 Å². The molecular weight excluding hydrogens is 701 g/mol. The number of fused-ring (bicyclic) bond motifs is 2. The number of nitrogens with zero attached hydrogens (tertiary/aromatic N) is 5. The van der Waals surface area contributed by atoms with Crippen LogP contribution in [0.3, 0.4) is 0 Å². The van der Waals surface area contributed by atoms with Crippen molar-refractivity contribution in [2.45, 2.75) is 6.54 Å². The van der Waals surface area contributed by atoms with E-state index in [2.05, 4.69) is 4.98 Å². The monoisotopic (exact) mass is 723 g/mol. The van der Waals surface area contributed by atoms with Gasteiger partial charge in [0.15, 0.2) is 38.5 Å². The quantitative estimate of drug-likeness (QED) is 0.152. The Kier molecular flexibility index (Phi) is 8.19. The molecule has 2 aromatic heterocycles. The van der Waals surface area contributed by atoms with Gasteiger partial charge in [-0.2, -0.15) is 4.98 Å². The lowest BCUT2D eigenvalue weighted by Gasteiger charge is -2.15. The van der Waals surface area contributed by atoms with Crippen LogP contribution in [-0.2, 0) is 25.4 Å². The SMILES string of the molecule is COc1cc(C=C2SC(=S)N(c3ccc4c(c3)OCO4)C2=O)ccc1Oc1nc2c(c(=O)n(C)c(=O)n2C)n1Cc1ccc(Cl)cc1Cl. The first kappa shape index (κ1) is 31.8. The van der Waals surface area contributed by atoms with Crippen molar-refractivity contribution in [2.75, 3.05) is 18.8 Å². The van der Waals surface area contributed by atoms with Gasteiger partial charge < -0.3 is 18.9 Å². The number of carbonyl (C=O) groups is 1. The Hall–Kier alpha value is -4.76. The number of thiocarbonyl (C=S) groups is 1. The number of methoxy groups -OCH3 is 1. The van der Waals surface area contributed by atoms with Crippen LogP contribution in [0, 0.1) is 0 Å². The molecule has 16 heteroatoms. The number of aryl methyl sites for hydroxylation is 1. The first-order valence-corrected chi connectivity index (χ1v) is 16.2. The van der Waals surface area contributed by atoms with Gasteiger partial charge in [-0.1, -0.05) is 59.3 Å². The summed E-state index contributed by atoms with van der Waals surface area (Å²) < 4.78 is 26.9. The molecule has 7 rings (SSSR count). The summed E-state index contributed by atoms with van der Waals surface area (Å²) in [5, 5.41) is 0.830. The first-order valence-electron chi connectivity index (χ1n) is 14.2. The number of imidazole rings is 1. The highest BCUT2D eigenvalue weighted by Gasteiger charge is 2.34. The molecule has 1 fully saturated rings. The number of rotatable bonds is 7. The molecule has 0 unspecified atom stereocenters. The van der Waals surface area contributed by atoms with Gasteiger partial charge in [0.25, 0.3) is 11.5 Å². The molecule has 244 valence electrons. The molecule has 2 aliphatic rings. The fourth-order valence-corrected chi connectivity index (χ4v) is 7.06. The molecule has 0 saturated carbocycles. The van der Waals surface area contributed by atoms with Crippen LogP contribution in [0.15, 0.2) is 69.1 Å². The number of amides is 1. The molecule has 5 aromatic rings. The van der Waals surface area contributed by atoms with Gasteiger partial charge in [-0.05, 0) is 53.6 Å². The maximum atomic E-state index is 13.4. The van der Waals surface area contributed by atoms with Gasteiger partial charge in [0.2, 0.25) is 6.79 Å². The fraction of sp³-hybridized carbons (Fsp3) is 0.156. The zero-order valence-corrected chi connectivity index (χ0v) is 28.5. The molecule has 12 nitrogen and oxygen atoms in total. The molecular formula is C32H23Cl2N5O7S2. The standard InChI is InChI=1S/C32H23Cl2N5O7S2/c1-36-27-26(29(41)37(2)31(36)42)38(14-17-5-6-18(33)12-20(17)34)30(35-27)46-22-8-4-16(10-23(22)43-3)11-25-28(40)39(32(47)48-25)19-7-9-21-24(13-19)45-15-44-21/h4-13H,14-15H2,1-3H3. The second-order valence-corrected chi connectivity index (χ2v) is 13.2. The minimum Gasteiger partial charge on any atom is -0.493 e. The van der Waals surface area contributed by atoms with Crippen molar-refractivity contribution in [2.24, 2.45) is 14.1 Å². The Morgan fingerprint density at radius 1 is 0.979 bits per heavy atom. The number of hydrogen-bond donors (Lipinski definition) is 0. The van der Waals surface area contributed by atoms with Gasteiger partial charge in [-0.25, -0.2) is 4.79 Å². The second kappa shape index (κ2) is 12.4. The molecule has 48 heavy (non-hydrogen) atoms. The zero-order chi connectivity index (χ0) is 33.9. The van der Waals surface area contributed by atoms with Gasteiger partial charge >= 0.3 is 11.7 Å². The predicted molar refractivity (Wildman–Crippen MR) is 187 cm³/mol. The Morgan fingerprint density at radius 3 is 2.54 bits per heavy atom. The van der Waals surface area contributed by atoms with E-state index in [1.54, 1.807) is 65.2 Å². The van der Waals surface area contributed by atoms with Crippen molar-refractivity contribution >= 4 is 80.3 Å². The highest BCUT2D eigenvalue weighted by Crippen LogP contribution is 2.41. The minimum atomic E-state index is -0.555. The van der Waals surface area contributed by atoms with Gasteiger partial charge in [0.05, 0.1) is 24.2 Å². The van der Waals surface area contributed by atoms with Crippen molar-refractivity contribution in [1.82, 2.24) is 18.7 Å². The maximum absolute atomic E-state index is 13.4. The van der Waals surface area contributed by atoms with Crippen LogP contribution in [0.2, 0.25) is 10.0 Å². The number of aromatic nitrogens is 4. The van der Waals surface area contributed by atoms with Crippen molar-refractivity contribution in [3.63, 3.8) is 0 Å². The smallest absolute Gasteiger partial charge is 0.332 e. The van der Waals surface area contributed by atoms with E-state index in [9.17, 15) is 14.4 Å². The summed E-state index contributed by atoms with van der Waals surface area (Å²) in [7, 11) is 4.38. The van der Waals surface area contributed by atoms with Crippen LogP contribution >= 0.6 is 47.2 Å². The predicted octanol–water partition coefficient (Wildman–Crippen LogP) is 5.72. The summed E-state index contributed by atoms with van der Waals surface area (Å²) in [6, 6.07) is 15.3. The van der Waals surface area contributed by atoms with Crippen molar-refractivity contribution in [1.29, 1.82) is 0 Å². The van der Waals surface area contributed by atoms with Crippen molar-refractivity contribution in [3.05, 3.63) is 102 Å². The molecule has 0 aliphatic carbocycles. The van der Waals surface area contributed by atoms with E-state index >= 15 is 0 Å². The number of carbonyl (C=O) groups excluding carboxylic acids is 1. The number of thioether (sulfide) groups is 1. The molecule has 0 atom stereocenters. The van der Waals surface area contributed by atoms with E-state index in [4.69, 9.17) is 54.4 Å². The number of benzene rings is 3. The lowest BCUT2D eigenvalue weighted by molar-refractivity contribution is -0.113. The number of ether oxygens (including phenoxy) is 4. The minimum absolute atomic E-state index is 0.0185. The van der Waals surface area contributed by atoms with Gasteiger partial charge in [0.1, 0.15) is 0 Å². The van der Waals surface area contributed by atoms with Gasteiger partial charge in [0, 0.05) is 30.2 Å². The summed E-state index contributed by atoms with van der Waals surface area (Å²) in [6.07, 6.45) is 1.70. The lowest BCUT2D eigenvalue weighted by Crippen LogP contribution is -2.37. The fourth-order valence-electron chi connectivity index (χ4n) is 5.29. The Labute approximate surface area is 291 Å². The molecule has 1 amide bonds. The van der Waals surface area contributed by atoms with Crippen LogP contribution in [-0.4, -0.2) is 42.8 Å². The lowest BCUT2D eigenvalue weighted by atomic mass is 10.1. The molecule has 0 bridgehead atoms. The number of anilines is 1. The molecule has 0 radical (unpaired) electrons. The molecule has 0 N–H and O–H groups in total. The summed E-state index contributed by atoms with van der Waals surface area (Å²) in [4.78, 5) is 45.9. The van der Waals surface area contributed by atoms with Crippen LogP contribution < -0.4 is 35.1 Å². The summed E-state index contributed by atoms with van der Waals surface area (Å²) in [5.74, 6) is 1.44. The Bertz CT molecular complexity index is 2350. The van der Waals surface area contributed by atoms with Crippen LogP contribution in [0.5, 0.6) is 29.0 Å². The molecule has 0 spiro atoms. The summed E-state index contributed by atoms with van der Waals surface area (Å²) >= 11 is 19.3. The van der Waals surface area contributed by atoms with Crippen molar-refractivity contribution in [3.8, 4) is 29.0 Å². The maximum Gasteiger partial charge on any atom is 0.332 e. The average molecular weight is 725 g/mol. The largest absolute Gasteiger partial charge is 0.493 e. The molecule has 1 saturated heterocycles. The Morgan fingerprint density at radius 2 is 1.77 bits per heavy atom. The molecule has 3 aromatic carbocycles. The second-order valence-electron chi connectivity index (χ2n) is 10.7. The van der Waals surface area contributed by atoms with E-state index in [1.165, 1.54) is 42.4 Å². The van der Waals surface area contributed by atoms with Crippen LogP contribution in [0.1, 0.15) is 11.1 Å².